The van der Waals surface area contributed by atoms with Crippen LogP contribution in [0.25, 0.3) is 95.4 Å². The Bertz CT molecular complexity index is 5210. The average molecular weight is 1730 g/mol. The number of benzene rings is 3. The number of allylic oxidation sites excluding steroid dienone is 6. The van der Waals surface area contributed by atoms with Crippen molar-refractivity contribution in [2.24, 2.45) is 11.8 Å². The summed E-state index contributed by atoms with van der Waals surface area (Å²) in [6, 6.07) is 11.8. The molecule has 2 aliphatic rings. The second-order valence-electron chi connectivity index (χ2n) is 34.9. The maximum absolute atomic E-state index is 15.5. The number of nitriles is 4. The third-order valence-electron chi connectivity index (χ3n) is 25.9. The minimum absolute atomic E-state index is 0.0211. The van der Waals surface area contributed by atoms with E-state index in [9.17, 15) is 21.0 Å². The van der Waals surface area contributed by atoms with Gasteiger partial charge in [0.05, 0.1) is 62.0 Å². The Hall–Kier alpha value is -7.62. The molecular formula is C102H126F4N8O2S5. The van der Waals surface area contributed by atoms with Crippen LogP contribution < -0.4 is 0 Å². The number of rotatable bonds is 54. The van der Waals surface area contributed by atoms with Gasteiger partial charge in [-0.15, -0.1) is 45.3 Å². The second-order valence-corrected chi connectivity index (χ2v) is 39.5. The smallest absolute Gasteiger partial charge is 0.194 e. The van der Waals surface area contributed by atoms with Crippen LogP contribution in [-0.4, -0.2) is 29.4 Å². The van der Waals surface area contributed by atoms with Crippen LogP contribution in [0.5, 0.6) is 0 Å². The molecule has 12 rings (SSSR count). The molecule has 0 bridgehead atoms. The number of carbonyl (C=O) groups excluding carboxylic acids is 2. The van der Waals surface area contributed by atoms with E-state index < -0.39 is 34.8 Å². The molecule has 0 amide bonds. The summed E-state index contributed by atoms with van der Waals surface area (Å²) in [7, 11) is 0. The first-order valence-corrected chi connectivity index (χ1v) is 50.9. The lowest BCUT2D eigenvalue weighted by Gasteiger charge is -2.22. The van der Waals surface area contributed by atoms with Gasteiger partial charge in [0.2, 0.25) is 0 Å². The van der Waals surface area contributed by atoms with Crippen molar-refractivity contribution in [3.8, 4) is 24.3 Å². The van der Waals surface area contributed by atoms with E-state index in [0.717, 1.165) is 259 Å². The van der Waals surface area contributed by atoms with Gasteiger partial charge in [-0.2, -0.15) is 29.8 Å². The predicted molar refractivity (Wildman–Crippen MR) is 504 cm³/mol. The van der Waals surface area contributed by atoms with Crippen LogP contribution in [0.1, 0.15) is 390 Å². The number of carbonyl (C=O) groups is 2. The number of hydrogen-bond acceptors (Lipinski definition) is 13. The normalized spacial score (nSPS) is 14.1. The van der Waals surface area contributed by atoms with Crippen LogP contribution in [0.15, 0.2) is 46.6 Å². The molecule has 0 spiro atoms. The summed E-state index contributed by atoms with van der Waals surface area (Å²) >= 11 is 8.14. The maximum Gasteiger partial charge on any atom is 0.194 e. The van der Waals surface area contributed by atoms with Gasteiger partial charge in [-0.05, 0) is 122 Å². The third kappa shape index (κ3) is 21.5. The number of Topliss-reactive ketones (excluding diaryl/α,β-unsaturated/α-hetero) is 2. The fraction of sp³-hybridized carbons (Fsp3) is 0.569. The van der Waals surface area contributed by atoms with Crippen molar-refractivity contribution in [2.75, 3.05) is 0 Å². The molecule has 2 unspecified atom stereocenters. The van der Waals surface area contributed by atoms with Crippen molar-refractivity contribution in [3.63, 3.8) is 0 Å². The summed E-state index contributed by atoms with van der Waals surface area (Å²) in [5.74, 6) is -5.21. The fourth-order valence-electron chi connectivity index (χ4n) is 19.3. The van der Waals surface area contributed by atoms with E-state index in [1.165, 1.54) is 179 Å². The van der Waals surface area contributed by atoms with Crippen LogP contribution in [-0.2, 0) is 25.9 Å². The van der Waals surface area contributed by atoms with Crippen LogP contribution in [0.2, 0.25) is 0 Å². The first-order chi connectivity index (χ1) is 59.2. The Morgan fingerprint density at radius 3 is 0.917 bits per heavy atom. The third-order valence-corrected chi connectivity index (χ3v) is 31.6. The molecule has 19 heteroatoms. The molecule has 2 aliphatic carbocycles. The summed E-state index contributed by atoms with van der Waals surface area (Å²) < 4.78 is 85.0. The van der Waals surface area contributed by atoms with E-state index >= 15 is 27.2 Å². The van der Waals surface area contributed by atoms with Crippen LogP contribution >= 0.6 is 57.1 Å². The van der Waals surface area contributed by atoms with Crippen molar-refractivity contribution in [1.29, 1.82) is 21.0 Å². The Balaban J connectivity index is 1.16. The van der Waals surface area contributed by atoms with Crippen molar-refractivity contribution in [2.45, 2.75) is 363 Å². The van der Waals surface area contributed by atoms with Gasteiger partial charge >= 0.3 is 0 Å². The largest absolute Gasteiger partial charge is 0.337 e. The monoisotopic (exact) mass is 1730 g/mol. The van der Waals surface area contributed by atoms with E-state index in [1.54, 1.807) is 45.3 Å². The number of hydrogen-bond donors (Lipinski definition) is 0. The zero-order valence-electron chi connectivity index (χ0n) is 72.9. The van der Waals surface area contributed by atoms with E-state index in [1.807, 2.05) is 36.4 Å². The number of thiophene rings is 4. The van der Waals surface area contributed by atoms with Gasteiger partial charge in [-0.1, -0.05) is 298 Å². The number of unbranched alkanes of at least 4 members (excludes halogenated alkanes) is 36. The molecule has 644 valence electrons. The highest BCUT2D eigenvalue weighted by molar-refractivity contribution is 7.34. The minimum atomic E-state index is -1.18. The molecule has 0 N–H and O–H groups in total. The summed E-state index contributed by atoms with van der Waals surface area (Å²) in [5.41, 5.74) is 7.84. The number of aromatic nitrogens is 4. The molecule has 10 aromatic rings. The van der Waals surface area contributed by atoms with Crippen molar-refractivity contribution < 1.29 is 27.2 Å². The molecule has 0 radical (unpaired) electrons. The number of aryl methyl sites for hydroxylation is 2. The number of fused-ring (bicyclic) bond motifs is 16. The standard InChI is InChI=1S/C102H126F4N8O2S5/c1-7-13-19-25-29-31-35-41-47-53-71-83(59-77-85(69(61-107)62-108)73-55-79(103)81(105)57-75(73)95(77)115)117-101-93-99(119-97(71)101)87-89-90(112-121-111-89)88-92(91(87)113(93)65-67(49-43-37-23-17-11-5)51-45-39-33-27-21-15-9-3)114(66-68(50-44-38-24-18-12-6)52-46-40-34-28-22-16-10-4)94-100(88)120-98-72(54-48-42-36-32-30-26-20-14-8-2)84(118-102(94)98)60-78-86(70(63-109)64-110)74-56-80(104)82(106)58-76(74)96(78)116/h55-60,67-68H,7-54,65-66H2,1-6H3/b77-59-,78-60-. The average Bonchev–Trinajstić information content (AvgIpc) is 1.50. The second kappa shape index (κ2) is 46.4. The molecule has 3 aromatic carbocycles. The number of halogens is 4. The van der Waals surface area contributed by atoms with Gasteiger partial charge in [-0.3, -0.25) is 9.59 Å². The number of ketones is 2. The molecule has 0 fully saturated rings. The molecule has 0 saturated carbocycles. The highest BCUT2D eigenvalue weighted by Crippen LogP contribution is 2.57. The van der Waals surface area contributed by atoms with Gasteiger partial charge < -0.3 is 9.13 Å². The van der Waals surface area contributed by atoms with E-state index in [0.29, 0.717) is 24.7 Å². The Morgan fingerprint density at radius 1 is 0.355 bits per heavy atom. The van der Waals surface area contributed by atoms with Gasteiger partial charge in [0.15, 0.2) is 34.8 Å². The molecule has 0 saturated heterocycles. The van der Waals surface area contributed by atoms with Crippen molar-refractivity contribution in [1.82, 2.24) is 17.9 Å². The number of nitrogens with zero attached hydrogens (tertiary/aromatic N) is 8. The first kappa shape index (κ1) is 92.6. The predicted octanol–water partition coefficient (Wildman–Crippen LogP) is 33.6. The van der Waals surface area contributed by atoms with E-state index in [2.05, 4.69) is 50.7 Å². The fourth-order valence-corrected chi connectivity index (χ4v) is 25.8. The Kier molecular flexibility index (Phi) is 35.5. The summed E-state index contributed by atoms with van der Waals surface area (Å²) in [4.78, 5) is 31.8. The van der Waals surface area contributed by atoms with Crippen LogP contribution in [0.4, 0.5) is 17.6 Å². The van der Waals surface area contributed by atoms with Gasteiger partial charge in [0, 0.05) is 67.0 Å². The lowest BCUT2D eigenvalue weighted by molar-refractivity contribution is 0.103. The highest BCUT2D eigenvalue weighted by Gasteiger charge is 2.39. The topological polar surface area (TPSA) is 165 Å². The zero-order valence-corrected chi connectivity index (χ0v) is 77.0. The van der Waals surface area contributed by atoms with E-state index in [-0.39, 0.29) is 55.7 Å². The Morgan fingerprint density at radius 2 is 0.628 bits per heavy atom. The SMILES string of the molecule is CCCCCCCCCCCc1c(/C=C2\C(=O)c3cc(F)c(F)cc3C2=C(C#N)C#N)sc2c1sc1c3c4nsnc4c4c5sc6c(CCCCCCCCCCC)c(/C=C7\C(=O)c8cc(F)c(F)cc8C7=C(C#N)C#N)sc6c5n(CC(CCCCCCC)CCCCCCCCC)c4c3n(CC(CCCCCCC)CCCCCCCCC)c21. The quantitative estimate of drug-likeness (QED) is 0.0157. The minimum Gasteiger partial charge on any atom is -0.337 e. The molecule has 0 aliphatic heterocycles. The van der Waals surface area contributed by atoms with Crippen LogP contribution in [0.3, 0.4) is 0 Å². The van der Waals surface area contributed by atoms with Crippen molar-refractivity contribution in [3.05, 3.63) is 113 Å². The van der Waals surface area contributed by atoms with Crippen LogP contribution in [0, 0.1) is 80.4 Å². The molecule has 7 aromatic heterocycles. The summed E-state index contributed by atoms with van der Waals surface area (Å²) in [6.45, 7) is 15.1. The van der Waals surface area contributed by atoms with Crippen molar-refractivity contribution >= 4 is 164 Å². The summed E-state index contributed by atoms with van der Waals surface area (Å²) in [6.07, 6.45) is 58.2. The summed E-state index contributed by atoms with van der Waals surface area (Å²) in [5, 5.41) is 44.8. The lowest BCUT2D eigenvalue weighted by Crippen LogP contribution is -2.14. The van der Waals surface area contributed by atoms with Gasteiger partial charge in [0.25, 0.3) is 0 Å². The van der Waals surface area contributed by atoms with E-state index in [4.69, 9.17) is 8.75 Å². The molecule has 2 atom stereocenters. The molecular weight excluding hydrogens is 1610 g/mol. The maximum atomic E-state index is 15.5. The molecule has 121 heavy (non-hydrogen) atoms. The zero-order chi connectivity index (χ0) is 85.3. The molecule has 10 nitrogen and oxygen atoms in total. The van der Waals surface area contributed by atoms with Gasteiger partial charge in [0.1, 0.15) is 46.5 Å². The van der Waals surface area contributed by atoms with Gasteiger partial charge in [-0.25, -0.2) is 17.6 Å². The molecule has 7 heterocycles. The highest BCUT2D eigenvalue weighted by atomic mass is 32.1. The lowest BCUT2D eigenvalue weighted by atomic mass is 9.93. The first-order valence-electron chi connectivity index (χ1n) is 46.9. The Labute approximate surface area is 736 Å².